The number of aryl methyl sites for hydroxylation is 1. The number of pyridine rings is 1. The third-order valence-corrected chi connectivity index (χ3v) is 4.01. The quantitative estimate of drug-likeness (QED) is 0.911. The number of halogens is 1. The van der Waals surface area contributed by atoms with Crippen LogP contribution >= 0.6 is 11.6 Å². The van der Waals surface area contributed by atoms with Crippen LogP contribution in [0.5, 0.6) is 0 Å². The normalized spacial score (nSPS) is 17.6. The molecule has 5 heteroatoms. The summed E-state index contributed by atoms with van der Waals surface area (Å²) in [5.41, 5.74) is 0.947. The summed E-state index contributed by atoms with van der Waals surface area (Å²) in [5, 5.41) is 3.49. The first-order valence-electron chi connectivity index (χ1n) is 7.54. The second-order valence-corrected chi connectivity index (χ2v) is 6.01. The van der Waals surface area contributed by atoms with E-state index in [-0.39, 0.29) is 11.4 Å². The maximum absolute atomic E-state index is 12.3. The standard InChI is InChI=1S/C14H20ClN3O.C2H6/c1-10-4-5-11(15)12(16-10)13(19)17-14(2)6-8-18(3)9-7-14;1-2/h4-5H,6-9H2,1-3H3,(H,17,19);1-2H3. The molecule has 1 aliphatic rings. The minimum Gasteiger partial charge on any atom is -0.345 e. The van der Waals surface area contributed by atoms with Crippen LogP contribution in [0.2, 0.25) is 5.02 Å². The Hall–Kier alpha value is -1.13. The Balaban J connectivity index is 0.00000106. The number of amides is 1. The van der Waals surface area contributed by atoms with Crippen molar-refractivity contribution in [2.75, 3.05) is 20.1 Å². The fourth-order valence-electron chi connectivity index (χ4n) is 2.27. The Morgan fingerprint density at radius 3 is 2.48 bits per heavy atom. The highest BCUT2D eigenvalue weighted by atomic mass is 35.5. The van der Waals surface area contributed by atoms with Gasteiger partial charge in [0.15, 0.2) is 0 Å². The van der Waals surface area contributed by atoms with Crippen molar-refractivity contribution in [1.29, 1.82) is 0 Å². The number of carbonyl (C=O) groups is 1. The molecule has 1 aromatic rings. The molecule has 2 heterocycles. The summed E-state index contributed by atoms with van der Waals surface area (Å²) in [6, 6.07) is 3.52. The molecule has 0 atom stereocenters. The van der Waals surface area contributed by atoms with Gasteiger partial charge in [-0.2, -0.15) is 0 Å². The van der Waals surface area contributed by atoms with Crippen molar-refractivity contribution in [3.05, 3.63) is 28.5 Å². The van der Waals surface area contributed by atoms with Crippen LogP contribution in [0.25, 0.3) is 0 Å². The first-order valence-corrected chi connectivity index (χ1v) is 7.92. The molecule has 0 bridgehead atoms. The van der Waals surface area contributed by atoms with Gasteiger partial charge < -0.3 is 10.2 Å². The summed E-state index contributed by atoms with van der Waals surface area (Å²) < 4.78 is 0. The van der Waals surface area contributed by atoms with Crippen LogP contribution < -0.4 is 5.32 Å². The Labute approximate surface area is 132 Å². The number of rotatable bonds is 2. The average molecular weight is 312 g/mol. The van der Waals surface area contributed by atoms with E-state index in [1.807, 2.05) is 20.8 Å². The van der Waals surface area contributed by atoms with Gasteiger partial charge >= 0.3 is 0 Å². The topological polar surface area (TPSA) is 45.2 Å². The van der Waals surface area contributed by atoms with Crippen molar-refractivity contribution in [2.24, 2.45) is 0 Å². The zero-order chi connectivity index (χ0) is 16.0. The lowest BCUT2D eigenvalue weighted by molar-refractivity contribution is 0.0847. The SMILES string of the molecule is CC.Cc1ccc(Cl)c(C(=O)NC2(C)CCN(C)CC2)n1. The Morgan fingerprint density at radius 1 is 1.33 bits per heavy atom. The van der Waals surface area contributed by atoms with Crippen LogP contribution in [0.4, 0.5) is 0 Å². The van der Waals surface area contributed by atoms with E-state index in [9.17, 15) is 4.79 Å². The lowest BCUT2D eigenvalue weighted by Crippen LogP contribution is -2.52. The van der Waals surface area contributed by atoms with Crippen molar-refractivity contribution in [3.63, 3.8) is 0 Å². The van der Waals surface area contributed by atoms with Crippen molar-refractivity contribution in [2.45, 2.75) is 46.1 Å². The van der Waals surface area contributed by atoms with Crippen molar-refractivity contribution < 1.29 is 4.79 Å². The van der Waals surface area contributed by atoms with Crippen LogP contribution in [0.3, 0.4) is 0 Å². The molecule has 0 radical (unpaired) electrons. The summed E-state index contributed by atoms with van der Waals surface area (Å²) in [6.07, 6.45) is 1.89. The van der Waals surface area contributed by atoms with Gasteiger partial charge in [-0.1, -0.05) is 25.4 Å². The van der Waals surface area contributed by atoms with Crippen LogP contribution in [0.1, 0.15) is 49.8 Å². The third kappa shape index (κ3) is 4.97. The molecule has 0 saturated carbocycles. The van der Waals surface area contributed by atoms with Crippen LogP contribution in [0.15, 0.2) is 12.1 Å². The van der Waals surface area contributed by atoms with Gasteiger partial charge in [-0.25, -0.2) is 4.98 Å². The number of nitrogens with zero attached hydrogens (tertiary/aromatic N) is 2. The molecular weight excluding hydrogens is 286 g/mol. The minimum absolute atomic E-state index is 0.168. The lowest BCUT2D eigenvalue weighted by Gasteiger charge is -2.38. The predicted molar refractivity (Wildman–Crippen MR) is 87.9 cm³/mol. The highest BCUT2D eigenvalue weighted by Crippen LogP contribution is 2.22. The van der Waals surface area contributed by atoms with E-state index in [1.54, 1.807) is 12.1 Å². The Morgan fingerprint density at radius 2 is 1.90 bits per heavy atom. The second kappa shape index (κ2) is 7.76. The highest BCUT2D eigenvalue weighted by Gasteiger charge is 2.31. The molecule has 1 N–H and O–H groups in total. The van der Waals surface area contributed by atoms with Crippen molar-refractivity contribution >= 4 is 17.5 Å². The summed E-state index contributed by atoms with van der Waals surface area (Å²) in [7, 11) is 2.10. The van der Waals surface area contributed by atoms with Crippen LogP contribution in [-0.4, -0.2) is 41.5 Å². The van der Waals surface area contributed by atoms with Gasteiger partial charge in [-0.05, 0) is 45.9 Å². The lowest BCUT2D eigenvalue weighted by atomic mass is 9.89. The van der Waals surface area contributed by atoms with E-state index < -0.39 is 0 Å². The zero-order valence-electron chi connectivity index (χ0n) is 13.7. The predicted octanol–water partition coefficient (Wildman–Crippen LogP) is 3.28. The number of hydrogen-bond donors (Lipinski definition) is 1. The van der Waals surface area contributed by atoms with E-state index in [4.69, 9.17) is 11.6 Å². The van der Waals surface area contributed by atoms with Gasteiger partial charge in [0, 0.05) is 24.3 Å². The molecule has 1 amide bonds. The van der Waals surface area contributed by atoms with Gasteiger partial charge in [0.25, 0.3) is 5.91 Å². The molecule has 0 spiro atoms. The van der Waals surface area contributed by atoms with Crippen molar-refractivity contribution in [3.8, 4) is 0 Å². The Kier molecular flexibility index (Phi) is 6.62. The minimum atomic E-state index is -0.180. The molecule has 0 aliphatic carbocycles. The van der Waals surface area contributed by atoms with Gasteiger partial charge in [0.05, 0.1) is 5.02 Å². The zero-order valence-corrected chi connectivity index (χ0v) is 14.4. The summed E-state index contributed by atoms with van der Waals surface area (Å²) >= 11 is 6.05. The number of hydrogen-bond acceptors (Lipinski definition) is 3. The van der Waals surface area contributed by atoms with E-state index in [1.165, 1.54) is 0 Å². The third-order valence-electron chi connectivity index (χ3n) is 3.71. The maximum Gasteiger partial charge on any atom is 0.271 e. The molecule has 1 saturated heterocycles. The van der Waals surface area contributed by atoms with Gasteiger partial charge in [-0.15, -0.1) is 0 Å². The summed E-state index contributed by atoms with van der Waals surface area (Å²) in [6.45, 7) is 9.92. The maximum atomic E-state index is 12.3. The molecule has 4 nitrogen and oxygen atoms in total. The smallest absolute Gasteiger partial charge is 0.271 e. The number of piperidine rings is 1. The van der Waals surface area contributed by atoms with Crippen LogP contribution in [0, 0.1) is 6.92 Å². The fourth-order valence-corrected chi connectivity index (χ4v) is 2.46. The van der Waals surface area contributed by atoms with Gasteiger partial charge in [0.2, 0.25) is 0 Å². The first-order chi connectivity index (χ1) is 9.89. The molecule has 1 fully saturated rings. The fraction of sp³-hybridized carbons (Fsp3) is 0.625. The molecular formula is C16H26ClN3O. The number of likely N-dealkylation sites (tertiary alicyclic amines) is 1. The number of carbonyl (C=O) groups excluding carboxylic acids is 1. The Bertz CT molecular complexity index is 482. The van der Waals surface area contributed by atoms with E-state index in [2.05, 4.69) is 29.2 Å². The summed E-state index contributed by atoms with van der Waals surface area (Å²) in [5.74, 6) is -0.180. The molecule has 2 rings (SSSR count). The molecule has 118 valence electrons. The molecule has 0 aromatic carbocycles. The van der Waals surface area contributed by atoms with E-state index in [0.717, 1.165) is 31.6 Å². The number of nitrogens with one attached hydrogen (secondary N) is 1. The molecule has 1 aromatic heterocycles. The second-order valence-electron chi connectivity index (χ2n) is 5.60. The van der Waals surface area contributed by atoms with Crippen LogP contribution in [-0.2, 0) is 0 Å². The molecule has 1 aliphatic heterocycles. The summed E-state index contributed by atoms with van der Waals surface area (Å²) in [4.78, 5) is 18.8. The molecule has 0 unspecified atom stereocenters. The molecule has 21 heavy (non-hydrogen) atoms. The highest BCUT2D eigenvalue weighted by molar-refractivity contribution is 6.33. The number of aromatic nitrogens is 1. The van der Waals surface area contributed by atoms with Gasteiger partial charge in [-0.3, -0.25) is 4.79 Å². The largest absolute Gasteiger partial charge is 0.345 e. The van der Waals surface area contributed by atoms with E-state index >= 15 is 0 Å². The first kappa shape index (κ1) is 17.9. The monoisotopic (exact) mass is 311 g/mol. The van der Waals surface area contributed by atoms with Crippen molar-refractivity contribution in [1.82, 2.24) is 15.2 Å². The average Bonchev–Trinajstić information content (AvgIpc) is 2.47. The van der Waals surface area contributed by atoms with Gasteiger partial charge in [0.1, 0.15) is 5.69 Å². The van der Waals surface area contributed by atoms with E-state index in [0.29, 0.717) is 10.7 Å².